The Morgan fingerprint density at radius 3 is 1.81 bits per heavy atom. The van der Waals surface area contributed by atoms with E-state index in [9.17, 15) is 4.79 Å². The molecule has 0 saturated carbocycles. The van der Waals surface area contributed by atoms with Crippen molar-refractivity contribution in [3.8, 4) is 0 Å². The lowest BCUT2D eigenvalue weighted by molar-refractivity contribution is -0.107. The van der Waals surface area contributed by atoms with Gasteiger partial charge in [0.05, 0.1) is 13.1 Å². The first-order valence-electron chi connectivity index (χ1n) is 6.84. The molecule has 1 aromatic carbocycles. The van der Waals surface area contributed by atoms with Crippen LogP contribution in [0.5, 0.6) is 0 Å². The van der Waals surface area contributed by atoms with E-state index in [0.29, 0.717) is 19.5 Å². The minimum atomic E-state index is 0.430. The molecule has 2 heterocycles. The van der Waals surface area contributed by atoms with E-state index in [1.54, 1.807) is 12.4 Å². The summed E-state index contributed by atoms with van der Waals surface area (Å²) >= 11 is 0. The maximum absolute atomic E-state index is 10.8. The predicted octanol–water partition coefficient (Wildman–Crippen LogP) is 1.92. The fourth-order valence-corrected chi connectivity index (χ4v) is 2.40. The Morgan fingerprint density at radius 1 is 0.857 bits per heavy atom. The summed E-state index contributed by atoms with van der Waals surface area (Å²) in [6.45, 7) is 1.40. The van der Waals surface area contributed by atoms with Crippen LogP contribution >= 0.6 is 0 Å². The number of carbonyl (C=O) groups excluding carboxylic acids is 1. The summed E-state index contributed by atoms with van der Waals surface area (Å²) in [5.74, 6) is 0. The fourth-order valence-electron chi connectivity index (χ4n) is 2.40. The molecule has 0 aliphatic heterocycles. The van der Waals surface area contributed by atoms with Crippen LogP contribution in [0.15, 0.2) is 55.1 Å². The van der Waals surface area contributed by atoms with Crippen molar-refractivity contribution in [2.45, 2.75) is 19.5 Å². The predicted molar refractivity (Wildman–Crippen MR) is 78.9 cm³/mol. The number of rotatable bonds is 6. The van der Waals surface area contributed by atoms with Gasteiger partial charge >= 0.3 is 0 Å². The van der Waals surface area contributed by atoms with Crippen molar-refractivity contribution >= 4 is 6.29 Å². The molecule has 0 atom stereocenters. The molecule has 5 nitrogen and oxygen atoms in total. The molecule has 3 aromatic rings. The maximum Gasteiger partial charge on any atom is 0.124 e. The highest BCUT2D eigenvalue weighted by Crippen LogP contribution is 2.13. The SMILES string of the molecule is O=CCc1cc(Cn2cccn2)cc(Cn2cccn2)c1. The van der Waals surface area contributed by atoms with Crippen molar-refractivity contribution in [2.24, 2.45) is 0 Å². The molecule has 0 N–H and O–H groups in total. The van der Waals surface area contributed by atoms with Crippen molar-refractivity contribution in [3.05, 3.63) is 71.8 Å². The first-order valence-corrected chi connectivity index (χ1v) is 6.84. The zero-order valence-corrected chi connectivity index (χ0v) is 11.6. The number of benzene rings is 1. The lowest BCUT2D eigenvalue weighted by Crippen LogP contribution is -2.05. The van der Waals surface area contributed by atoms with Crippen LogP contribution in [0.2, 0.25) is 0 Å². The summed E-state index contributed by atoms with van der Waals surface area (Å²) in [7, 11) is 0. The number of carbonyl (C=O) groups is 1. The van der Waals surface area contributed by atoms with Crippen LogP contribution in [0.4, 0.5) is 0 Å². The second-order valence-electron chi connectivity index (χ2n) is 4.94. The maximum atomic E-state index is 10.8. The average Bonchev–Trinajstić information content (AvgIpc) is 3.12. The molecule has 0 fully saturated rings. The smallest absolute Gasteiger partial charge is 0.124 e. The highest BCUT2D eigenvalue weighted by atomic mass is 16.1. The number of hydrogen-bond acceptors (Lipinski definition) is 3. The van der Waals surface area contributed by atoms with Gasteiger partial charge in [0.2, 0.25) is 0 Å². The van der Waals surface area contributed by atoms with Gasteiger partial charge in [0.25, 0.3) is 0 Å². The Balaban J connectivity index is 1.87. The highest BCUT2D eigenvalue weighted by molar-refractivity contribution is 5.55. The largest absolute Gasteiger partial charge is 0.303 e. The van der Waals surface area contributed by atoms with Crippen LogP contribution in [0.25, 0.3) is 0 Å². The standard InChI is InChI=1S/C16H16N4O/c21-8-3-14-9-15(12-19-6-1-4-17-19)11-16(10-14)13-20-7-2-5-18-20/h1-2,4-11H,3,12-13H2. The summed E-state index contributed by atoms with van der Waals surface area (Å²) in [6, 6.07) is 10.1. The van der Waals surface area contributed by atoms with Crippen LogP contribution in [0.1, 0.15) is 16.7 Å². The van der Waals surface area contributed by atoms with E-state index in [1.165, 1.54) is 0 Å². The van der Waals surface area contributed by atoms with Gasteiger partial charge in [-0.25, -0.2) is 0 Å². The first kappa shape index (κ1) is 13.3. The van der Waals surface area contributed by atoms with E-state index in [4.69, 9.17) is 0 Å². The Kier molecular flexibility index (Phi) is 3.91. The number of aldehydes is 1. The molecular weight excluding hydrogens is 264 g/mol. The minimum absolute atomic E-state index is 0.430. The molecule has 0 unspecified atom stereocenters. The lowest BCUT2D eigenvalue weighted by atomic mass is 10.0. The molecule has 0 saturated heterocycles. The number of nitrogens with zero attached hydrogens (tertiary/aromatic N) is 4. The van der Waals surface area contributed by atoms with Gasteiger partial charge in [0.15, 0.2) is 0 Å². The number of hydrogen-bond donors (Lipinski definition) is 0. The van der Waals surface area contributed by atoms with Crippen molar-refractivity contribution in [2.75, 3.05) is 0 Å². The van der Waals surface area contributed by atoms with E-state index in [0.717, 1.165) is 23.0 Å². The normalized spacial score (nSPS) is 10.7. The Labute approximate surface area is 122 Å². The molecule has 21 heavy (non-hydrogen) atoms. The van der Waals surface area contributed by atoms with Gasteiger partial charge in [-0.2, -0.15) is 10.2 Å². The second-order valence-corrected chi connectivity index (χ2v) is 4.94. The average molecular weight is 280 g/mol. The van der Waals surface area contributed by atoms with Crippen molar-refractivity contribution in [1.82, 2.24) is 19.6 Å². The molecule has 2 aromatic heterocycles. The van der Waals surface area contributed by atoms with Crippen LogP contribution < -0.4 is 0 Å². The topological polar surface area (TPSA) is 52.7 Å². The Morgan fingerprint density at radius 2 is 1.38 bits per heavy atom. The third-order valence-electron chi connectivity index (χ3n) is 3.24. The van der Waals surface area contributed by atoms with Gasteiger partial charge in [-0.3, -0.25) is 9.36 Å². The summed E-state index contributed by atoms with van der Waals surface area (Å²) < 4.78 is 3.75. The van der Waals surface area contributed by atoms with Gasteiger partial charge in [-0.1, -0.05) is 18.2 Å². The van der Waals surface area contributed by atoms with Crippen LogP contribution in [-0.4, -0.2) is 25.8 Å². The van der Waals surface area contributed by atoms with Crippen LogP contribution in [0, 0.1) is 0 Å². The van der Waals surface area contributed by atoms with Gasteiger partial charge in [0.1, 0.15) is 6.29 Å². The van der Waals surface area contributed by atoms with Gasteiger partial charge in [-0.05, 0) is 28.8 Å². The Bertz CT molecular complexity index is 647. The van der Waals surface area contributed by atoms with Crippen molar-refractivity contribution in [1.29, 1.82) is 0 Å². The Hall–Kier alpha value is -2.69. The third kappa shape index (κ3) is 3.45. The molecule has 0 aliphatic rings. The molecule has 0 amide bonds. The molecule has 0 radical (unpaired) electrons. The lowest BCUT2D eigenvalue weighted by Gasteiger charge is -2.09. The zero-order chi connectivity index (χ0) is 14.5. The molecule has 0 spiro atoms. The van der Waals surface area contributed by atoms with Crippen LogP contribution in [-0.2, 0) is 24.3 Å². The molecule has 3 rings (SSSR count). The van der Waals surface area contributed by atoms with E-state index >= 15 is 0 Å². The molecular formula is C16H16N4O. The van der Waals surface area contributed by atoms with E-state index < -0.39 is 0 Å². The highest BCUT2D eigenvalue weighted by Gasteiger charge is 2.04. The van der Waals surface area contributed by atoms with E-state index in [2.05, 4.69) is 28.4 Å². The van der Waals surface area contributed by atoms with E-state index in [1.807, 2.05) is 33.9 Å². The molecule has 0 aliphatic carbocycles. The van der Waals surface area contributed by atoms with Crippen molar-refractivity contribution in [3.63, 3.8) is 0 Å². The summed E-state index contributed by atoms with van der Waals surface area (Å²) in [5, 5.41) is 8.44. The van der Waals surface area contributed by atoms with Gasteiger partial charge in [0, 0.05) is 31.2 Å². The summed E-state index contributed by atoms with van der Waals surface area (Å²) in [6.07, 6.45) is 8.75. The molecule has 106 valence electrons. The van der Waals surface area contributed by atoms with Gasteiger partial charge < -0.3 is 4.79 Å². The van der Waals surface area contributed by atoms with Gasteiger partial charge in [-0.15, -0.1) is 0 Å². The summed E-state index contributed by atoms with van der Waals surface area (Å²) in [4.78, 5) is 10.8. The third-order valence-corrected chi connectivity index (χ3v) is 3.24. The van der Waals surface area contributed by atoms with Crippen LogP contribution in [0.3, 0.4) is 0 Å². The fraction of sp³-hybridized carbons (Fsp3) is 0.188. The minimum Gasteiger partial charge on any atom is -0.303 e. The molecule has 0 bridgehead atoms. The monoisotopic (exact) mass is 280 g/mol. The molecule has 5 heteroatoms. The second kappa shape index (κ2) is 6.17. The quantitative estimate of drug-likeness (QED) is 0.648. The first-order chi connectivity index (χ1) is 10.3. The van der Waals surface area contributed by atoms with Crippen molar-refractivity contribution < 1.29 is 4.79 Å². The zero-order valence-electron chi connectivity index (χ0n) is 11.6. The number of aromatic nitrogens is 4. The summed E-state index contributed by atoms with van der Waals surface area (Å²) in [5.41, 5.74) is 3.30. The van der Waals surface area contributed by atoms with E-state index in [-0.39, 0.29) is 0 Å².